The van der Waals surface area contributed by atoms with Crippen molar-refractivity contribution in [2.45, 2.75) is 52.0 Å². The summed E-state index contributed by atoms with van der Waals surface area (Å²) in [5, 5.41) is 6.06. The first-order valence-corrected chi connectivity index (χ1v) is 7.41. The zero-order chi connectivity index (χ0) is 11.6. The molecular weight excluding hydrogens is 214 g/mol. The van der Waals surface area contributed by atoms with Crippen LogP contribution in [0.15, 0.2) is 11.4 Å². The van der Waals surface area contributed by atoms with Gasteiger partial charge in [0.1, 0.15) is 0 Å². The fraction of sp³-hybridized carbons (Fsp3) is 0.714. The van der Waals surface area contributed by atoms with Crippen LogP contribution in [-0.4, -0.2) is 6.54 Å². The van der Waals surface area contributed by atoms with Crippen LogP contribution in [0.1, 0.15) is 50.5 Å². The highest BCUT2D eigenvalue weighted by atomic mass is 32.1. The van der Waals surface area contributed by atoms with Crippen molar-refractivity contribution >= 4 is 11.3 Å². The molecule has 2 atom stereocenters. The lowest BCUT2D eigenvalue weighted by molar-refractivity contribution is 0.244. The van der Waals surface area contributed by atoms with E-state index < -0.39 is 0 Å². The minimum absolute atomic E-state index is 0.275. The van der Waals surface area contributed by atoms with Gasteiger partial charge < -0.3 is 5.32 Å². The highest BCUT2D eigenvalue weighted by Gasteiger charge is 2.36. The van der Waals surface area contributed by atoms with E-state index in [0.717, 1.165) is 12.5 Å². The van der Waals surface area contributed by atoms with Crippen molar-refractivity contribution in [1.82, 2.24) is 5.32 Å². The quantitative estimate of drug-likeness (QED) is 0.836. The Morgan fingerprint density at radius 2 is 2.31 bits per heavy atom. The number of nitrogens with one attached hydrogen (secondary N) is 1. The van der Waals surface area contributed by atoms with Crippen LogP contribution in [-0.2, 0) is 12.0 Å². The first-order valence-electron chi connectivity index (χ1n) is 6.53. The van der Waals surface area contributed by atoms with Crippen LogP contribution in [0.4, 0.5) is 0 Å². The first kappa shape index (κ1) is 12.1. The molecule has 1 aromatic rings. The Hall–Kier alpha value is -0.340. The van der Waals surface area contributed by atoms with E-state index in [1.165, 1.54) is 25.7 Å². The van der Waals surface area contributed by atoms with Gasteiger partial charge in [-0.25, -0.2) is 0 Å². The Balaban J connectivity index is 2.29. The molecule has 90 valence electrons. The van der Waals surface area contributed by atoms with Gasteiger partial charge in [-0.15, -0.1) is 11.3 Å². The van der Waals surface area contributed by atoms with E-state index >= 15 is 0 Å². The van der Waals surface area contributed by atoms with Crippen LogP contribution in [0.5, 0.6) is 0 Å². The normalized spacial score (nSPS) is 26.4. The molecule has 2 heteroatoms. The van der Waals surface area contributed by atoms with Crippen molar-refractivity contribution in [3.05, 3.63) is 21.9 Å². The molecule has 0 radical (unpaired) electrons. The summed E-state index contributed by atoms with van der Waals surface area (Å²) >= 11 is 1.95. The van der Waals surface area contributed by atoms with Gasteiger partial charge in [-0.2, -0.15) is 0 Å². The van der Waals surface area contributed by atoms with E-state index in [2.05, 4.69) is 37.5 Å². The molecule has 0 aromatic carbocycles. The Kier molecular flexibility index (Phi) is 3.70. The number of thiophene rings is 1. The van der Waals surface area contributed by atoms with Crippen molar-refractivity contribution in [3.63, 3.8) is 0 Å². The molecule has 1 nitrogen and oxygen atoms in total. The SMILES string of the molecule is CCC(C)CC1(CC)NCCc2ccsc21. The van der Waals surface area contributed by atoms with Gasteiger partial charge in [-0.3, -0.25) is 0 Å². The summed E-state index contributed by atoms with van der Waals surface area (Å²) in [5.74, 6) is 0.806. The molecule has 1 aliphatic heterocycles. The monoisotopic (exact) mass is 237 g/mol. The van der Waals surface area contributed by atoms with Crippen LogP contribution in [0.3, 0.4) is 0 Å². The standard InChI is InChI=1S/C14H23NS/c1-4-11(3)10-14(5-2)13-12(6-8-15-14)7-9-16-13/h7,9,11,15H,4-6,8,10H2,1-3H3. The van der Waals surface area contributed by atoms with Crippen molar-refractivity contribution < 1.29 is 0 Å². The highest BCUT2D eigenvalue weighted by Crippen LogP contribution is 2.40. The molecule has 0 saturated heterocycles. The third kappa shape index (κ3) is 2.05. The second-order valence-electron chi connectivity index (χ2n) is 5.10. The van der Waals surface area contributed by atoms with Crippen molar-refractivity contribution in [3.8, 4) is 0 Å². The van der Waals surface area contributed by atoms with E-state index in [4.69, 9.17) is 0 Å². The zero-order valence-corrected chi connectivity index (χ0v) is 11.5. The van der Waals surface area contributed by atoms with Crippen LogP contribution < -0.4 is 5.32 Å². The molecule has 0 spiro atoms. The molecular formula is C14H23NS. The fourth-order valence-corrected chi connectivity index (χ4v) is 4.02. The maximum atomic E-state index is 3.80. The van der Waals surface area contributed by atoms with Crippen molar-refractivity contribution in [1.29, 1.82) is 0 Å². The first-order chi connectivity index (χ1) is 7.72. The topological polar surface area (TPSA) is 12.0 Å². The predicted octanol–water partition coefficient (Wildman–Crippen LogP) is 3.94. The minimum Gasteiger partial charge on any atom is -0.306 e. The van der Waals surface area contributed by atoms with Gasteiger partial charge in [-0.05, 0) is 42.2 Å². The summed E-state index contributed by atoms with van der Waals surface area (Å²) in [6, 6.07) is 2.32. The largest absolute Gasteiger partial charge is 0.306 e. The van der Waals surface area contributed by atoms with Gasteiger partial charge in [0.05, 0.1) is 5.54 Å². The highest BCUT2D eigenvalue weighted by molar-refractivity contribution is 7.10. The number of fused-ring (bicyclic) bond motifs is 1. The van der Waals surface area contributed by atoms with Gasteiger partial charge in [-0.1, -0.05) is 27.2 Å². The average molecular weight is 237 g/mol. The minimum atomic E-state index is 0.275. The van der Waals surface area contributed by atoms with E-state index in [-0.39, 0.29) is 5.54 Å². The third-order valence-corrected chi connectivity index (χ3v) is 5.20. The number of hydrogen-bond donors (Lipinski definition) is 1. The molecule has 1 aromatic heterocycles. The van der Waals surface area contributed by atoms with Gasteiger partial charge in [0.15, 0.2) is 0 Å². The zero-order valence-electron chi connectivity index (χ0n) is 10.7. The van der Waals surface area contributed by atoms with Gasteiger partial charge in [0.25, 0.3) is 0 Å². The second-order valence-corrected chi connectivity index (χ2v) is 6.02. The molecule has 1 N–H and O–H groups in total. The smallest absolute Gasteiger partial charge is 0.0531 e. The molecule has 16 heavy (non-hydrogen) atoms. The van der Waals surface area contributed by atoms with Crippen LogP contribution in [0.25, 0.3) is 0 Å². The summed E-state index contributed by atoms with van der Waals surface area (Å²) in [4.78, 5) is 1.61. The van der Waals surface area contributed by atoms with E-state index in [1.807, 2.05) is 11.3 Å². The Bertz CT molecular complexity index is 344. The second kappa shape index (κ2) is 4.89. The lowest BCUT2D eigenvalue weighted by Crippen LogP contribution is -2.47. The number of hydrogen-bond acceptors (Lipinski definition) is 2. The van der Waals surface area contributed by atoms with E-state index in [0.29, 0.717) is 0 Å². The fourth-order valence-electron chi connectivity index (χ4n) is 2.80. The van der Waals surface area contributed by atoms with Gasteiger partial charge >= 0.3 is 0 Å². The molecule has 0 bridgehead atoms. The van der Waals surface area contributed by atoms with Crippen molar-refractivity contribution in [2.75, 3.05) is 6.54 Å². The molecule has 0 saturated carbocycles. The van der Waals surface area contributed by atoms with Crippen LogP contribution in [0, 0.1) is 5.92 Å². The molecule has 0 fully saturated rings. The van der Waals surface area contributed by atoms with Crippen LogP contribution >= 0.6 is 11.3 Å². The summed E-state index contributed by atoms with van der Waals surface area (Å²) in [7, 11) is 0. The summed E-state index contributed by atoms with van der Waals surface area (Å²) in [6.45, 7) is 8.14. The van der Waals surface area contributed by atoms with Crippen molar-refractivity contribution in [2.24, 2.45) is 5.92 Å². The summed E-state index contributed by atoms with van der Waals surface area (Å²) < 4.78 is 0. The van der Waals surface area contributed by atoms with E-state index in [1.54, 1.807) is 10.4 Å². The maximum Gasteiger partial charge on any atom is 0.0531 e. The Morgan fingerprint density at radius 1 is 1.50 bits per heavy atom. The molecule has 1 aliphatic rings. The van der Waals surface area contributed by atoms with Gasteiger partial charge in [0, 0.05) is 11.4 Å². The third-order valence-electron chi connectivity index (χ3n) is 4.04. The van der Waals surface area contributed by atoms with E-state index in [9.17, 15) is 0 Å². The predicted molar refractivity (Wildman–Crippen MR) is 72.1 cm³/mol. The molecule has 0 amide bonds. The Labute approximate surface area is 103 Å². The molecule has 2 unspecified atom stereocenters. The van der Waals surface area contributed by atoms with Crippen LogP contribution in [0.2, 0.25) is 0 Å². The average Bonchev–Trinajstić information content (AvgIpc) is 2.78. The Morgan fingerprint density at radius 3 is 3.00 bits per heavy atom. The lowest BCUT2D eigenvalue weighted by Gasteiger charge is -2.39. The summed E-state index contributed by atoms with van der Waals surface area (Å²) in [5.41, 5.74) is 1.87. The molecule has 2 rings (SSSR count). The maximum absolute atomic E-state index is 3.80. The molecule has 0 aliphatic carbocycles. The lowest BCUT2D eigenvalue weighted by atomic mass is 9.79. The number of rotatable bonds is 4. The molecule has 2 heterocycles. The van der Waals surface area contributed by atoms with Gasteiger partial charge in [0.2, 0.25) is 0 Å². The summed E-state index contributed by atoms with van der Waals surface area (Å²) in [6.07, 6.45) is 4.99.